The van der Waals surface area contributed by atoms with Gasteiger partial charge >= 0.3 is 0 Å². The lowest BCUT2D eigenvalue weighted by atomic mass is 10.1. The Kier molecular flexibility index (Phi) is 4.17. The van der Waals surface area contributed by atoms with Gasteiger partial charge in [-0.05, 0) is 60.7 Å². The van der Waals surface area contributed by atoms with E-state index in [1.165, 1.54) is 29.3 Å². The smallest absolute Gasteiger partial charge is 0.257 e. The highest BCUT2D eigenvalue weighted by Crippen LogP contribution is 2.26. The number of carbonyl (C=O) groups is 1. The average molecular weight is 350 g/mol. The molecule has 4 nitrogen and oxygen atoms in total. The minimum atomic E-state index is -3.40. The Balaban J connectivity index is 1.89. The number of nitrogens with one attached hydrogen (secondary N) is 1. The van der Waals surface area contributed by atoms with Crippen LogP contribution < -0.4 is 5.32 Å². The molecule has 0 unspecified atom stereocenters. The van der Waals surface area contributed by atoms with Gasteiger partial charge < -0.3 is 5.32 Å². The van der Waals surface area contributed by atoms with E-state index in [0.29, 0.717) is 5.69 Å². The maximum atomic E-state index is 12.4. The van der Waals surface area contributed by atoms with Crippen molar-refractivity contribution in [1.82, 2.24) is 0 Å². The summed E-state index contributed by atoms with van der Waals surface area (Å²) in [6.07, 6.45) is 4.32. The van der Waals surface area contributed by atoms with Gasteiger partial charge in [0.25, 0.3) is 5.91 Å². The van der Waals surface area contributed by atoms with E-state index in [9.17, 15) is 13.2 Å². The number of sulfone groups is 1. The van der Waals surface area contributed by atoms with Gasteiger partial charge in [0.2, 0.25) is 0 Å². The third-order valence-corrected chi connectivity index (χ3v) is 5.41. The average Bonchev–Trinajstić information content (AvgIpc) is 2.93. The molecule has 1 amide bonds. The van der Waals surface area contributed by atoms with Gasteiger partial charge in [-0.3, -0.25) is 4.79 Å². The topological polar surface area (TPSA) is 63.2 Å². The van der Waals surface area contributed by atoms with E-state index in [2.05, 4.69) is 5.32 Å². The second-order valence-electron chi connectivity index (χ2n) is 5.70. The Morgan fingerprint density at radius 1 is 1.09 bits per heavy atom. The van der Waals surface area contributed by atoms with Crippen LogP contribution in [-0.4, -0.2) is 20.6 Å². The van der Waals surface area contributed by atoms with E-state index < -0.39 is 15.7 Å². The van der Waals surface area contributed by atoms with Crippen molar-refractivity contribution in [2.24, 2.45) is 0 Å². The van der Waals surface area contributed by atoms with Gasteiger partial charge in [0.1, 0.15) is 0 Å². The first-order valence-electron chi connectivity index (χ1n) is 7.27. The molecule has 120 valence electrons. The largest absolute Gasteiger partial charge is 0.322 e. The third-order valence-electron chi connectivity index (χ3n) is 3.97. The van der Waals surface area contributed by atoms with Crippen molar-refractivity contribution in [2.75, 3.05) is 11.6 Å². The molecular weight excluding hydrogens is 334 g/mol. The highest BCUT2D eigenvalue weighted by molar-refractivity contribution is 7.90. The van der Waals surface area contributed by atoms with Crippen LogP contribution in [0.15, 0.2) is 41.3 Å². The Hall–Kier alpha value is -1.85. The number of rotatable bonds is 3. The number of aryl methyl sites for hydroxylation is 2. The second-order valence-corrected chi connectivity index (χ2v) is 8.13. The van der Waals surface area contributed by atoms with Crippen LogP contribution in [0.3, 0.4) is 0 Å². The predicted molar refractivity (Wildman–Crippen MR) is 91.0 cm³/mol. The highest BCUT2D eigenvalue weighted by atomic mass is 35.5. The summed E-state index contributed by atoms with van der Waals surface area (Å²) in [6.45, 7) is 0. The van der Waals surface area contributed by atoms with E-state index in [4.69, 9.17) is 11.6 Å². The molecule has 0 radical (unpaired) electrons. The lowest BCUT2D eigenvalue weighted by Gasteiger charge is -2.10. The molecule has 2 aromatic rings. The standard InChI is InChI=1S/C17H16ClNO3S/c1-23(21,22)14-7-8-16(18)15(10-14)17(20)19-13-6-5-11-3-2-4-12(11)9-13/h5-10H,2-4H2,1H3,(H,19,20). The summed E-state index contributed by atoms with van der Waals surface area (Å²) in [5, 5.41) is 3.01. The van der Waals surface area contributed by atoms with E-state index in [0.717, 1.165) is 25.5 Å². The zero-order valence-electron chi connectivity index (χ0n) is 12.6. The van der Waals surface area contributed by atoms with Crippen LogP contribution >= 0.6 is 11.6 Å². The first kappa shape index (κ1) is 16.0. The lowest BCUT2D eigenvalue weighted by Crippen LogP contribution is -2.13. The van der Waals surface area contributed by atoms with Crippen molar-refractivity contribution in [3.63, 3.8) is 0 Å². The normalized spacial score (nSPS) is 13.7. The van der Waals surface area contributed by atoms with Crippen LogP contribution in [0, 0.1) is 0 Å². The lowest BCUT2D eigenvalue weighted by molar-refractivity contribution is 0.102. The van der Waals surface area contributed by atoms with Crippen LogP contribution in [-0.2, 0) is 22.7 Å². The molecule has 0 heterocycles. The molecule has 0 fully saturated rings. The number of fused-ring (bicyclic) bond motifs is 1. The summed E-state index contributed by atoms with van der Waals surface area (Å²) >= 11 is 6.05. The van der Waals surface area contributed by atoms with Gasteiger partial charge in [-0.2, -0.15) is 0 Å². The van der Waals surface area contributed by atoms with Gasteiger partial charge in [-0.25, -0.2) is 8.42 Å². The second kappa shape index (κ2) is 5.98. The molecule has 0 aliphatic heterocycles. The molecule has 1 N–H and O–H groups in total. The molecule has 1 aliphatic carbocycles. The van der Waals surface area contributed by atoms with Gasteiger partial charge in [0, 0.05) is 11.9 Å². The predicted octanol–water partition coefficient (Wildman–Crippen LogP) is 3.48. The minimum Gasteiger partial charge on any atom is -0.322 e. The first-order valence-corrected chi connectivity index (χ1v) is 9.54. The molecule has 2 aromatic carbocycles. The van der Waals surface area contributed by atoms with Crippen molar-refractivity contribution < 1.29 is 13.2 Å². The number of halogens is 1. The molecule has 0 aromatic heterocycles. The maximum absolute atomic E-state index is 12.4. The summed E-state index contributed by atoms with van der Waals surface area (Å²) in [5.74, 6) is -0.418. The third kappa shape index (κ3) is 3.41. The fourth-order valence-corrected chi connectivity index (χ4v) is 3.61. The van der Waals surface area contributed by atoms with Crippen molar-refractivity contribution >= 4 is 33.0 Å². The van der Waals surface area contributed by atoms with Crippen LogP contribution in [0.2, 0.25) is 5.02 Å². The van der Waals surface area contributed by atoms with E-state index in [-0.39, 0.29) is 15.5 Å². The maximum Gasteiger partial charge on any atom is 0.257 e. The number of benzene rings is 2. The van der Waals surface area contributed by atoms with Crippen LogP contribution in [0.25, 0.3) is 0 Å². The summed E-state index contributed by atoms with van der Waals surface area (Å²) in [6, 6.07) is 9.97. The van der Waals surface area contributed by atoms with Crippen LogP contribution in [0.1, 0.15) is 27.9 Å². The highest BCUT2D eigenvalue weighted by Gasteiger charge is 2.17. The van der Waals surface area contributed by atoms with Gasteiger partial charge in [0.15, 0.2) is 9.84 Å². The van der Waals surface area contributed by atoms with Crippen molar-refractivity contribution in [1.29, 1.82) is 0 Å². The zero-order valence-corrected chi connectivity index (χ0v) is 14.2. The Labute approximate surface area is 140 Å². The number of anilines is 1. The molecular formula is C17H16ClNO3S. The molecule has 6 heteroatoms. The molecule has 0 spiro atoms. The molecule has 3 rings (SSSR count). The SMILES string of the molecule is CS(=O)(=O)c1ccc(Cl)c(C(=O)Nc2ccc3c(c2)CCC3)c1. The molecule has 23 heavy (non-hydrogen) atoms. The molecule has 0 bridgehead atoms. The zero-order chi connectivity index (χ0) is 16.6. The summed E-state index contributed by atoms with van der Waals surface area (Å²) < 4.78 is 23.3. The molecule has 0 saturated heterocycles. The number of hydrogen-bond donors (Lipinski definition) is 1. The minimum absolute atomic E-state index is 0.0704. The Bertz CT molecular complexity index is 891. The van der Waals surface area contributed by atoms with Crippen LogP contribution in [0.5, 0.6) is 0 Å². The molecule has 0 saturated carbocycles. The Morgan fingerprint density at radius 3 is 2.57 bits per heavy atom. The monoisotopic (exact) mass is 349 g/mol. The Morgan fingerprint density at radius 2 is 1.83 bits per heavy atom. The van der Waals surface area contributed by atoms with Gasteiger partial charge in [-0.1, -0.05) is 17.7 Å². The first-order chi connectivity index (χ1) is 10.8. The number of carbonyl (C=O) groups excluding carboxylic acids is 1. The quantitative estimate of drug-likeness (QED) is 0.922. The summed E-state index contributed by atoms with van der Waals surface area (Å²) in [5.41, 5.74) is 3.41. The van der Waals surface area contributed by atoms with E-state index in [1.54, 1.807) is 0 Å². The van der Waals surface area contributed by atoms with Crippen LogP contribution in [0.4, 0.5) is 5.69 Å². The summed E-state index contributed by atoms with van der Waals surface area (Å²) in [7, 11) is -3.40. The van der Waals surface area contributed by atoms with E-state index in [1.807, 2.05) is 18.2 Å². The van der Waals surface area contributed by atoms with Gasteiger partial charge in [-0.15, -0.1) is 0 Å². The fraction of sp³-hybridized carbons (Fsp3) is 0.235. The fourth-order valence-electron chi connectivity index (χ4n) is 2.76. The van der Waals surface area contributed by atoms with Gasteiger partial charge in [0.05, 0.1) is 15.5 Å². The van der Waals surface area contributed by atoms with Crippen molar-refractivity contribution in [3.05, 3.63) is 58.1 Å². The summed E-state index contributed by atoms with van der Waals surface area (Å²) in [4.78, 5) is 12.5. The number of amides is 1. The van der Waals surface area contributed by atoms with Crippen molar-refractivity contribution in [3.8, 4) is 0 Å². The molecule has 1 aliphatic rings. The molecule has 0 atom stereocenters. The van der Waals surface area contributed by atoms with Crippen molar-refractivity contribution in [2.45, 2.75) is 24.2 Å². The van der Waals surface area contributed by atoms with E-state index >= 15 is 0 Å². The number of hydrogen-bond acceptors (Lipinski definition) is 3.